The molecule has 1 amide bonds. The molecule has 0 spiro atoms. The molecule has 0 unspecified atom stereocenters. The van der Waals surface area contributed by atoms with Gasteiger partial charge in [-0.05, 0) is 47.9 Å². The Balaban J connectivity index is 2.19. The molecule has 0 radical (unpaired) electrons. The first-order valence-electron chi connectivity index (χ1n) is 8.58. The number of amides is 1. The number of halogens is 2. The predicted octanol–water partition coefficient (Wildman–Crippen LogP) is 4.65. The lowest BCUT2D eigenvalue weighted by molar-refractivity contribution is -0.142. The number of hydrogen-bond donors (Lipinski definition) is 1. The van der Waals surface area contributed by atoms with Crippen LogP contribution >= 0.6 is 23.2 Å². The van der Waals surface area contributed by atoms with Crippen LogP contribution in [0.4, 0.5) is 5.69 Å². The number of rotatable bonds is 7. The Bertz CT molecular complexity index is 956. The van der Waals surface area contributed by atoms with Crippen LogP contribution in [-0.2, 0) is 20.7 Å². The van der Waals surface area contributed by atoms with Crippen LogP contribution in [0.2, 0.25) is 10.0 Å². The van der Waals surface area contributed by atoms with Crippen molar-refractivity contribution in [3.05, 3.63) is 63.1 Å². The zero-order valence-corrected chi connectivity index (χ0v) is 17.3. The number of methoxy groups -OCH3 is 1. The summed E-state index contributed by atoms with van der Waals surface area (Å²) < 4.78 is 9.74. The van der Waals surface area contributed by atoms with Crippen LogP contribution < -0.4 is 10.1 Å². The third-order valence-corrected chi connectivity index (χ3v) is 4.44. The first-order valence-corrected chi connectivity index (χ1v) is 9.34. The number of benzene rings is 2. The van der Waals surface area contributed by atoms with Crippen molar-refractivity contribution in [3.8, 4) is 11.8 Å². The highest BCUT2D eigenvalue weighted by Crippen LogP contribution is 2.35. The monoisotopic (exact) mass is 432 g/mol. The van der Waals surface area contributed by atoms with Gasteiger partial charge < -0.3 is 14.8 Å². The molecule has 0 bridgehead atoms. The van der Waals surface area contributed by atoms with Gasteiger partial charge in [0, 0.05) is 5.69 Å². The van der Waals surface area contributed by atoms with E-state index in [4.69, 9.17) is 27.9 Å². The van der Waals surface area contributed by atoms with Gasteiger partial charge in [-0.1, -0.05) is 42.3 Å². The molecule has 2 aromatic rings. The fraction of sp³-hybridized carbons (Fsp3) is 0.190. The Morgan fingerprint density at radius 3 is 2.31 bits per heavy atom. The summed E-state index contributed by atoms with van der Waals surface area (Å²) in [7, 11) is 1.23. The van der Waals surface area contributed by atoms with Gasteiger partial charge in [0.15, 0.2) is 12.4 Å². The number of hydrogen-bond acceptors (Lipinski definition) is 5. The number of nitrogens with zero attached hydrogens (tertiary/aromatic N) is 1. The van der Waals surface area contributed by atoms with Crippen molar-refractivity contribution in [2.24, 2.45) is 0 Å². The quantitative estimate of drug-likeness (QED) is 0.390. The lowest BCUT2D eigenvalue weighted by Gasteiger charge is -2.10. The van der Waals surface area contributed by atoms with Gasteiger partial charge in [-0.25, -0.2) is 4.79 Å². The first-order chi connectivity index (χ1) is 13.9. The molecule has 1 N–H and O–H groups in total. The maximum atomic E-state index is 12.4. The molecular weight excluding hydrogens is 415 g/mol. The molecule has 6 nitrogen and oxygen atoms in total. The van der Waals surface area contributed by atoms with E-state index in [9.17, 15) is 14.9 Å². The van der Waals surface area contributed by atoms with E-state index in [1.54, 1.807) is 12.1 Å². The molecule has 0 fully saturated rings. The molecule has 2 aromatic carbocycles. The van der Waals surface area contributed by atoms with Crippen molar-refractivity contribution in [1.82, 2.24) is 0 Å². The minimum Gasteiger partial charge on any atom is -0.479 e. The molecule has 0 aliphatic heterocycles. The van der Waals surface area contributed by atoms with Crippen LogP contribution in [0, 0.1) is 11.3 Å². The number of carbonyl (C=O) groups excluding carboxylic acids is 2. The molecule has 0 atom stereocenters. The minimum absolute atomic E-state index is 0.106. The second kappa shape index (κ2) is 10.5. The number of nitriles is 1. The maximum Gasteiger partial charge on any atom is 0.343 e. The second-order valence-corrected chi connectivity index (χ2v) is 6.67. The molecule has 29 heavy (non-hydrogen) atoms. The summed E-state index contributed by atoms with van der Waals surface area (Å²) in [5, 5.41) is 12.3. The van der Waals surface area contributed by atoms with E-state index in [1.807, 2.05) is 25.1 Å². The molecule has 2 rings (SSSR count). The van der Waals surface area contributed by atoms with Crippen molar-refractivity contribution in [2.75, 3.05) is 19.0 Å². The summed E-state index contributed by atoms with van der Waals surface area (Å²) in [5.41, 5.74) is 2.02. The van der Waals surface area contributed by atoms with Gasteiger partial charge in [0.2, 0.25) is 0 Å². The van der Waals surface area contributed by atoms with Crippen molar-refractivity contribution in [3.63, 3.8) is 0 Å². The number of anilines is 1. The molecule has 0 aromatic heterocycles. The highest BCUT2D eigenvalue weighted by molar-refractivity contribution is 6.37. The number of aryl methyl sites for hydroxylation is 1. The van der Waals surface area contributed by atoms with E-state index < -0.39 is 11.9 Å². The zero-order chi connectivity index (χ0) is 21.4. The van der Waals surface area contributed by atoms with Gasteiger partial charge >= 0.3 is 5.97 Å². The molecule has 0 saturated carbocycles. The Kier molecular flexibility index (Phi) is 8.08. The maximum absolute atomic E-state index is 12.4. The second-order valence-electron chi connectivity index (χ2n) is 5.85. The van der Waals surface area contributed by atoms with Crippen molar-refractivity contribution in [1.29, 1.82) is 5.26 Å². The van der Waals surface area contributed by atoms with Crippen molar-refractivity contribution < 1.29 is 19.1 Å². The number of carbonyl (C=O) groups is 2. The predicted molar refractivity (Wildman–Crippen MR) is 112 cm³/mol. The Hall–Kier alpha value is -3.01. The van der Waals surface area contributed by atoms with Gasteiger partial charge in [0.25, 0.3) is 5.91 Å². The third-order valence-electron chi connectivity index (χ3n) is 3.88. The standard InChI is InChI=1S/C21H18Cl2N2O4/c1-3-13-4-6-16(7-5-13)25-21(27)15(11-24)8-14-9-17(22)20(18(23)10-14)29-12-19(26)28-2/h4-10H,3,12H2,1-2H3,(H,25,27)/b15-8+. The van der Waals surface area contributed by atoms with Gasteiger partial charge in [-0.2, -0.15) is 5.26 Å². The molecule has 150 valence electrons. The largest absolute Gasteiger partial charge is 0.479 e. The van der Waals surface area contributed by atoms with E-state index in [-0.39, 0.29) is 28.0 Å². The molecule has 0 heterocycles. The normalized spacial score (nSPS) is 10.8. The zero-order valence-electron chi connectivity index (χ0n) is 15.8. The SMILES string of the molecule is CCc1ccc(NC(=O)/C(C#N)=C/c2cc(Cl)c(OCC(=O)OC)c(Cl)c2)cc1. The van der Waals surface area contributed by atoms with Gasteiger partial charge in [-0.15, -0.1) is 0 Å². The van der Waals surface area contributed by atoms with Gasteiger partial charge in [0.1, 0.15) is 11.6 Å². The van der Waals surface area contributed by atoms with Gasteiger partial charge in [-0.3, -0.25) is 4.79 Å². The Morgan fingerprint density at radius 2 is 1.79 bits per heavy atom. The number of ether oxygens (including phenoxy) is 2. The average Bonchev–Trinajstić information content (AvgIpc) is 2.71. The fourth-order valence-electron chi connectivity index (χ4n) is 2.33. The van der Waals surface area contributed by atoms with Crippen LogP contribution in [0.3, 0.4) is 0 Å². The summed E-state index contributed by atoms with van der Waals surface area (Å²) in [6, 6.07) is 12.2. The summed E-state index contributed by atoms with van der Waals surface area (Å²) >= 11 is 12.3. The van der Waals surface area contributed by atoms with E-state index in [0.29, 0.717) is 11.3 Å². The van der Waals surface area contributed by atoms with E-state index in [1.165, 1.54) is 25.3 Å². The molecule has 0 aliphatic carbocycles. The van der Waals surface area contributed by atoms with Crippen LogP contribution in [0.5, 0.6) is 5.75 Å². The first kappa shape index (κ1) is 22.3. The van der Waals surface area contributed by atoms with Crippen molar-refractivity contribution >= 4 is 46.8 Å². The summed E-state index contributed by atoms with van der Waals surface area (Å²) in [4.78, 5) is 23.6. The highest BCUT2D eigenvalue weighted by Gasteiger charge is 2.14. The summed E-state index contributed by atoms with van der Waals surface area (Å²) in [6.45, 7) is 1.68. The van der Waals surface area contributed by atoms with E-state index in [2.05, 4.69) is 10.1 Å². The summed E-state index contributed by atoms with van der Waals surface area (Å²) in [5.74, 6) is -1.04. The lowest BCUT2D eigenvalue weighted by atomic mass is 10.1. The van der Waals surface area contributed by atoms with E-state index >= 15 is 0 Å². The van der Waals surface area contributed by atoms with Crippen molar-refractivity contribution in [2.45, 2.75) is 13.3 Å². The van der Waals surface area contributed by atoms with E-state index in [0.717, 1.165) is 12.0 Å². The average molecular weight is 433 g/mol. The highest BCUT2D eigenvalue weighted by atomic mass is 35.5. The fourth-order valence-corrected chi connectivity index (χ4v) is 2.94. The third kappa shape index (κ3) is 6.24. The number of nitrogens with one attached hydrogen (secondary N) is 1. The van der Waals surface area contributed by atoms with Crippen LogP contribution in [0.25, 0.3) is 6.08 Å². The Labute approximate surface area is 178 Å². The van der Waals surface area contributed by atoms with Gasteiger partial charge in [0.05, 0.1) is 17.2 Å². The van der Waals surface area contributed by atoms with Crippen LogP contribution in [0.1, 0.15) is 18.1 Å². The molecule has 0 aliphatic rings. The molecule has 0 saturated heterocycles. The molecular formula is C21H18Cl2N2O4. The van der Waals surface area contributed by atoms with Crippen LogP contribution in [0.15, 0.2) is 42.0 Å². The smallest absolute Gasteiger partial charge is 0.343 e. The topological polar surface area (TPSA) is 88.4 Å². The summed E-state index contributed by atoms with van der Waals surface area (Å²) in [6.07, 6.45) is 2.25. The lowest BCUT2D eigenvalue weighted by Crippen LogP contribution is -2.13. The van der Waals surface area contributed by atoms with Crippen LogP contribution in [-0.4, -0.2) is 25.6 Å². The Morgan fingerprint density at radius 1 is 1.17 bits per heavy atom. The minimum atomic E-state index is -0.587. The molecule has 8 heteroatoms. The number of esters is 1.